The summed E-state index contributed by atoms with van der Waals surface area (Å²) in [7, 11) is 0. The largest absolute Gasteiger partial charge is 0.493 e. The summed E-state index contributed by atoms with van der Waals surface area (Å²) in [5.74, 6) is 0.382. The minimum Gasteiger partial charge on any atom is -0.493 e. The van der Waals surface area contributed by atoms with Gasteiger partial charge in [-0.25, -0.2) is 0 Å². The molecule has 0 atom stereocenters. The van der Waals surface area contributed by atoms with E-state index in [0.29, 0.717) is 28.1 Å². The zero-order chi connectivity index (χ0) is 24.4. The number of aryl methyl sites for hydroxylation is 2. The van der Waals surface area contributed by atoms with Gasteiger partial charge in [0.05, 0.1) is 22.9 Å². The van der Waals surface area contributed by atoms with Crippen LogP contribution in [0.25, 0.3) is 27.7 Å². The Hall–Kier alpha value is -3.21. The van der Waals surface area contributed by atoms with Gasteiger partial charge in [0.2, 0.25) is 5.91 Å². The smallest absolute Gasteiger partial charge is 0.248 e. The van der Waals surface area contributed by atoms with Gasteiger partial charge in [-0.3, -0.25) is 4.79 Å². The van der Waals surface area contributed by atoms with Crippen molar-refractivity contribution in [2.75, 3.05) is 11.9 Å². The molecule has 1 heterocycles. The van der Waals surface area contributed by atoms with Crippen LogP contribution in [0.2, 0.25) is 10.0 Å². The summed E-state index contributed by atoms with van der Waals surface area (Å²) in [5.41, 5.74) is 7.38. The lowest BCUT2D eigenvalue weighted by Gasteiger charge is -2.12. The van der Waals surface area contributed by atoms with Gasteiger partial charge in [0, 0.05) is 34.3 Å². The van der Waals surface area contributed by atoms with Crippen molar-refractivity contribution < 1.29 is 13.9 Å². The molecule has 1 amide bonds. The van der Waals surface area contributed by atoms with Gasteiger partial charge < -0.3 is 14.5 Å². The van der Waals surface area contributed by atoms with Crippen molar-refractivity contribution >= 4 is 51.3 Å². The van der Waals surface area contributed by atoms with Crippen molar-refractivity contribution in [3.05, 3.63) is 87.6 Å². The van der Waals surface area contributed by atoms with Crippen molar-refractivity contribution in [3.63, 3.8) is 0 Å². The van der Waals surface area contributed by atoms with E-state index >= 15 is 0 Å². The molecule has 4 rings (SSSR count). The molecule has 4 nitrogen and oxygen atoms in total. The first-order chi connectivity index (χ1) is 16.3. The molecule has 0 saturated carbocycles. The number of furan rings is 1. The lowest BCUT2D eigenvalue weighted by Crippen LogP contribution is -2.08. The molecule has 0 saturated heterocycles. The Morgan fingerprint density at radius 2 is 1.82 bits per heavy atom. The van der Waals surface area contributed by atoms with E-state index in [0.717, 1.165) is 33.2 Å². The first-order valence-corrected chi connectivity index (χ1v) is 11.7. The zero-order valence-electron chi connectivity index (χ0n) is 19.5. The van der Waals surface area contributed by atoms with E-state index in [-0.39, 0.29) is 5.91 Å². The van der Waals surface area contributed by atoms with Crippen LogP contribution in [-0.4, -0.2) is 12.5 Å². The lowest BCUT2D eigenvalue weighted by atomic mass is 9.96. The maximum atomic E-state index is 12.7. The molecule has 0 aliphatic heterocycles. The number of halogens is 2. The molecule has 4 aromatic rings. The average Bonchev–Trinajstić information content (AvgIpc) is 3.18. The summed E-state index contributed by atoms with van der Waals surface area (Å²) < 4.78 is 11.8. The summed E-state index contributed by atoms with van der Waals surface area (Å²) in [6.07, 6.45) is 3.32. The van der Waals surface area contributed by atoms with Crippen molar-refractivity contribution in [1.82, 2.24) is 0 Å². The van der Waals surface area contributed by atoms with Gasteiger partial charge in [-0.2, -0.15) is 0 Å². The third-order valence-corrected chi connectivity index (χ3v) is 6.35. The highest BCUT2D eigenvalue weighted by molar-refractivity contribution is 6.42. The van der Waals surface area contributed by atoms with Gasteiger partial charge in [0.15, 0.2) is 0 Å². The number of amides is 1. The molecule has 1 N–H and O–H groups in total. The third kappa shape index (κ3) is 4.98. The predicted octanol–water partition coefficient (Wildman–Crippen LogP) is 8.46. The molecule has 0 spiro atoms. The normalized spacial score (nSPS) is 11.6. The third-order valence-electron chi connectivity index (χ3n) is 5.61. The Morgan fingerprint density at radius 3 is 2.53 bits per heavy atom. The summed E-state index contributed by atoms with van der Waals surface area (Å²) in [5, 5.41) is 4.60. The predicted molar refractivity (Wildman–Crippen MR) is 141 cm³/mol. The van der Waals surface area contributed by atoms with Gasteiger partial charge in [-0.1, -0.05) is 47.0 Å². The monoisotopic (exact) mass is 493 g/mol. The number of fused-ring (bicyclic) bond motifs is 1. The first-order valence-electron chi connectivity index (χ1n) is 11.0. The molecule has 0 aliphatic rings. The van der Waals surface area contributed by atoms with E-state index in [2.05, 4.69) is 37.4 Å². The Balaban J connectivity index is 1.74. The van der Waals surface area contributed by atoms with Crippen LogP contribution in [0, 0.1) is 13.8 Å². The number of carbonyl (C=O) groups is 1. The van der Waals surface area contributed by atoms with Crippen molar-refractivity contribution in [3.8, 4) is 16.9 Å². The second kappa shape index (κ2) is 9.96. The van der Waals surface area contributed by atoms with Crippen molar-refractivity contribution in [2.24, 2.45) is 0 Å². The number of allylic oxidation sites excluding steroid dienone is 1. The minimum absolute atomic E-state index is 0.278. The summed E-state index contributed by atoms with van der Waals surface area (Å²) in [6.45, 7) is 8.47. The van der Waals surface area contributed by atoms with Gasteiger partial charge in [-0.15, -0.1) is 0 Å². The second-order valence-corrected chi connectivity index (χ2v) is 9.01. The number of hydrogen-bond acceptors (Lipinski definition) is 3. The van der Waals surface area contributed by atoms with Crippen LogP contribution < -0.4 is 10.1 Å². The van der Waals surface area contributed by atoms with E-state index in [4.69, 9.17) is 32.4 Å². The molecule has 1 aromatic heterocycles. The van der Waals surface area contributed by atoms with Crippen molar-refractivity contribution in [1.29, 1.82) is 0 Å². The van der Waals surface area contributed by atoms with Crippen molar-refractivity contribution in [2.45, 2.75) is 27.7 Å². The Morgan fingerprint density at radius 1 is 1.03 bits per heavy atom. The number of rotatable bonds is 6. The van der Waals surface area contributed by atoms with Crippen LogP contribution in [-0.2, 0) is 4.79 Å². The molecule has 174 valence electrons. The van der Waals surface area contributed by atoms with Crippen LogP contribution >= 0.6 is 23.2 Å². The topological polar surface area (TPSA) is 51.5 Å². The number of carbonyl (C=O) groups excluding carboxylic acids is 1. The van der Waals surface area contributed by atoms with Crippen LogP contribution in [0.5, 0.6) is 5.75 Å². The number of benzene rings is 3. The molecule has 0 fully saturated rings. The molecule has 34 heavy (non-hydrogen) atoms. The molecular formula is C28H25Cl2NO3. The highest BCUT2D eigenvalue weighted by Gasteiger charge is 2.16. The summed E-state index contributed by atoms with van der Waals surface area (Å²) >= 11 is 12.0. The van der Waals surface area contributed by atoms with Gasteiger partial charge in [0.1, 0.15) is 11.3 Å². The quantitative estimate of drug-likeness (QED) is 0.274. The number of hydrogen-bond donors (Lipinski definition) is 1. The fourth-order valence-electron chi connectivity index (χ4n) is 3.99. The van der Waals surface area contributed by atoms with Crippen LogP contribution in [0.15, 0.2) is 65.3 Å². The molecule has 0 bridgehead atoms. The highest BCUT2D eigenvalue weighted by atomic mass is 35.5. The summed E-state index contributed by atoms with van der Waals surface area (Å²) in [4.78, 5) is 12.7. The molecule has 0 aliphatic carbocycles. The highest BCUT2D eigenvalue weighted by Crippen LogP contribution is 2.38. The Bertz CT molecular complexity index is 1420. The number of nitrogens with one attached hydrogen (secondary N) is 1. The number of ether oxygens (including phenoxy) is 1. The number of anilines is 1. The Labute approximate surface area is 209 Å². The standard InChI is InChI=1S/C28H25Cl2NO3/c1-5-33-26-14-27-22(23(15-34-27)20-8-6-16(2)10-17(20)3)13-21(26)18(4)11-28(32)31-19-7-9-24(29)25(30)12-19/h6-15H,5H2,1-4H3,(H,31,32)/b18-11+. The average molecular weight is 494 g/mol. The van der Waals surface area contributed by atoms with E-state index in [1.807, 2.05) is 26.0 Å². The lowest BCUT2D eigenvalue weighted by molar-refractivity contribution is -0.111. The molecule has 6 heteroatoms. The molecular weight excluding hydrogens is 469 g/mol. The van der Waals surface area contributed by atoms with Crippen LogP contribution in [0.3, 0.4) is 0 Å². The van der Waals surface area contributed by atoms with Crippen LogP contribution in [0.4, 0.5) is 5.69 Å². The van der Waals surface area contributed by atoms with Crippen LogP contribution in [0.1, 0.15) is 30.5 Å². The maximum absolute atomic E-state index is 12.7. The zero-order valence-corrected chi connectivity index (χ0v) is 21.0. The molecule has 3 aromatic carbocycles. The van der Waals surface area contributed by atoms with E-state index in [1.165, 1.54) is 11.1 Å². The molecule has 0 radical (unpaired) electrons. The van der Waals surface area contributed by atoms with Gasteiger partial charge >= 0.3 is 0 Å². The van der Waals surface area contributed by atoms with E-state index in [1.54, 1.807) is 30.5 Å². The summed E-state index contributed by atoms with van der Waals surface area (Å²) in [6, 6.07) is 15.2. The minimum atomic E-state index is -0.278. The second-order valence-electron chi connectivity index (χ2n) is 8.19. The fraction of sp³-hybridized carbons (Fsp3) is 0.179. The first kappa shape index (κ1) is 23.9. The fourth-order valence-corrected chi connectivity index (χ4v) is 4.29. The van der Waals surface area contributed by atoms with E-state index in [9.17, 15) is 4.79 Å². The molecule has 0 unspecified atom stereocenters. The maximum Gasteiger partial charge on any atom is 0.248 e. The van der Waals surface area contributed by atoms with E-state index < -0.39 is 0 Å². The van der Waals surface area contributed by atoms with Gasteiger partial charge in [-0.05, 0) is 68.7 Å². The Kier molecular flexibility index (Phi) is 7.01. The SMILES string of the molecule is CCOc1cc2occ(-c3ccc(C)cc3C)c2cc1/C(C)=C/C(=O)Nc1ccc(Cl)c(Cl)c1. The van der Waals surface area contributed by atoms with Gasteiger partial charge in [0.25, 0.3) is 0 Å².